The summed E-state index contributed by atoms with van der Waals surface area (Å²) in [4.78, 5) is 0. The van der Waals surface area contributed by atoms with Crippen molar-refractivity contribution < 1.29 is 8.85 Å². The number of hydrogen-bond donors (Lipinski definition) is 1. The van der Waals surface area contributed by atoms with E-state index in [2.05, 4.69) is 32.6 Å². The van der Waals surface area contributed by atoms with Crippen LogP contribution in [0.25, 0.3) is 0 Å². The van der Waals surface area contributed by atoms with Gasteiger partial charge in [0.15, 0.2) is 0 Å². The van der Waals surface area contributed by atoms with Crippen molar-refractivity contribution in [2.75, 3.05) is 19.8 Å². The fourth-order valence-electron chi connectivity index (χ4n) is 2.04. The average Bonchev–Trinajstić information content (AvgIpc) is 2.14. The van der Waals surface area contributed by atoms with Crippen molar-refractivity contribution in [1.29, 1.82) is 0 Å². The van der Waals surface area contributed by atoms with Crippen LogP contribution < -0.4 is 5.32 Å². The molecule has 1 atom stereocenters. The van der Waals surface area contributed by atoms with Crippen molar-refractivity contribution in [3.63, 3.8) is 0 Å². The Kier molecular flexibility index (Phi) is 7.43. The predicted molar refractivity (Wildman–Crippen MR) is 67.2 cm³/mol. The normalized spacial score (nSPS) is 14.6. The molecule has 0 saturated heterocycles. The molecule has 0 aromatic heterocycles. The maximum absolute atomic E-state index is 5.90. The Morgan fingerprint density at radius 1 is 1.07 bits per heavy atom. The van der Waals surface area contributed by atoms with Crippen molar-refractivity contribution >= 4 is 8.56 Å². The van der Waals surface area contributed by atoms with Crippen LogP contribution in [-0.4, -0.2) is 34.0 Å². The molecule has 0 aromatic carbocycles. The summed E-state index contributed by atoms with van der Waals surface area (Å²) in [7, 11) is -2.07. The Morgan fingerprint density at radius 3 is 1.80 bits per heavy atom. The van der Waals surface area contributed by atoms with Gasteiger partial charge in [0.1, 0.15) is 0 Å². The molecule has 0 heterocycles. The first kappa shape index (κ1) is 15.1. The lowest BCUT2D eigenvalue weighted by atomic mass is 10.2. The molecule has 4 heteroatoms. The summed E-state index contributed by atoms with van der Waals surface area (Å²) in [6.45, 7) is 15.2. The van der Waals surface area contributed by atoms with Gasteiger partial charge < -0.3 is 14.2 Å². The van der Waals surface area contributed by atoms with Crippen molar-refractivity contribution in [3.05, 3.63) is 0 Å². The molecule has 0 bridgehead atoms. The van der Waals surface area contributed by atoms with Gasteiger partial charge in [-0.2, -0.15) is 0 Å². The van der Waals surface area contributed by atoms with Gasteiger partial charge in [-0.15, -0.1) is 0 Å². The molecule has 0 amide bonds. The highest BCUT2D eigenvalue weighted by molar-refractivity contribution is 6.67. The van der Waals surface area contributed by atoms with Crippen LogP contribution in [0.5, 0.6) is 0 Å². The van der Waals surface area contributed by atoms with Gasteiger partial charge in [-0.3, -0.25) is 0 Å². The molecule has 0 aliphatic heterocycles. The van der Waals surface area contributed by atoms with E-state index >= 15 is 0 Å². The lowest BCUT2D eigenvalue weighted by molar-refractivity contribution is 0.166. The molecule has 0 aromatic rings. The summed E-state index contributed by atoms with van der Waals surface area (Å²) in [5, 5.41) is 3.50. The largest absolute Gasteiger partial charge is 0.394 e. The van der Waals surface area contributed by atoms with Crippen molar-refractivity contribution in [3.8, 4) is 0 Å². The van der Waals surface area contributed by atoms with E-state index in [-0.39, 0.29) is 0 Å². The fraction of sp³-hybridized carbons (Fsp3) is 1.00. The summed E-state index contributed by atoms with van der Waals surface area (Å²) in [5.41, 5.74) is 0.363. The highest BCUT2D eigenvalue weighted by atomic mass is 28.4. The maximum atomic E-state index is 5.90. The first-order chi connectivity index (χ1) is 7.01. The minimum atomic E-state index is -2.07. The molecule has 15 heavy (non-hydrogen) atoms. The van der Waals surface area contributed by atoms with Crippen LogP contribution in [0.3, 0.4) is 0 Å². The molecule has 92 valence electrons. The van der Waals surface area contributed by atoms with E-state index in [9.17, 15) is 0 Å². The quantitative estimate of drug-likeness (QED) is 0.653. The average molecular weight is 233 g/mol. The highest BCUT2D eigenvalue weighted by Gasteiger charge is 2.42. The van der Waals surface area contributed by atoms with Gasteiger partial charge in [-0.05, 0) is 32.9 Å². The van der Waals surface area contributed by atoms with Crippen LogP contribution in [0.1, 0.15) is 34.6 Å². The molecule has 0 rings (SSSR count). The number of hydrogen-bond acceptors (Lipinski definition) is 3. The third kappa shape index (κ3) is 4.63. The van der Waals surface area contributed by atoms with E-state index in [1.54, 1.807) is 0 Å². The Bertz CT molecular complexity index is 159. The fourth-order valence-corrected chi connectivity index (χ4v) is 5.42. The van der Waals surface area contributed by atoms with Crippen LogP contribution in [0.4, 0.5) is 0 Å². The molecule has 1 unspecified atom stereocenters. The third-order valence-corrected chi connectivity index (χ3v) is 6.24. The zero-order valence-electron chi connectivity index (χ0n) is 11.1. The van der Waals surface area contributed by atoms with Crippen molar-refractivity contribution in [1.82, 2.24) is 5.32 Å². The monoisotopic (exact) mass is 233 g/mol. The zero-order valence-corrected chi connectivity index (χ0v) is 12.1. The molecule has 0 radical (unpaired) electrons. The molecule has 0 aliphatic rings. The lowest BCUT2D eigenvalue weighted by Crippen LogP contribution is -2.60. The highest BCUT2D eigenvalue weighted by Crippen LogP contribution is 2.19. The minimum absolute atomic E-state index is 0.363. The lowest BCUT2D eigenvalue weighted by Gasteiger charge is -2.36. The van der Waals surface area contributed by atoms with E-state index in [1.807, 2.05) is 13.8 Å². The summed E-state index contributed by atoms with van der Waals surface area (Å²) < 4.78 is 11.8. The first-order valence-corrected chi connectivity index (χ1v) is 8.42. The Hall–Kier alpha value is 0.0969. The number of rotatable bonds is 8. The van der Waals surface area contributed by atoms with E-state index < -0.39 is 8.56 Å². The molecule has 0 fully saturated rings. The second kappa shape index (κ2) is 7.38. The second-order valence-corrected chi connectivity index (χ2v) is 7.39. The van der Waals surface area contributed by atoms with E-state index in [0.29, 0.717) is 11.6 Å². The van der Waals surface area contributed by atoms with Crippen LogP contribution in [0.2, 0.25) is 6.55 Å². The van der Waals surface area contributed by atoms with Gasteiger partial charge in [0.05, 0.1) is 5.67 Å². The molecule has 0 spiro atoms. The predicted octanol–water partition coefficient (Wildman–Crippen LogP) is 2.30. The van der Waals surface area contributed by atoms with Gasteiger partial charge in [-0.25, -0.2) is 0 Å². The minimum Gasteiger partial charge on any atom is -0.394 e. The summed E-state index contributed by atoms with van der Waals surface area (Å²) in [5.74, 6) is 0.541. The van der Waals surface area contributed by atoms with Crippen LogP contribution in [-0.2, 0) is 8.85 Å². The Morgan fingerprint density at radius 2 is 1.53 bits per heavy atom. The molecule has 0 saturated carbocycles. The molecule has 1 N–H and O–H groups in total. The third-order valence-electron chi connectivity index (χ3n) is 2.52. The summed E-state index contributed by atoms with van der Waals surface area (Å²) in [6.07, 6.45) is 0. The molecule has 3 nitrogen and oxygen atoms in total. The standard InChI is InChI=1S/C11H27NO2Si/c1-7-12-11(10(4)5)15(6,13-8-2)14-9-3/h10-12H,7-9H2,1-6H3. The van der Waals surface area contributed by atoms with Crippen LogP contribution >= 0.6 is 0 Å². The Balaban J connectivity index is 4.64. The van der Waals surface area contributed by atoms with Crippen molar-refractivity contribution in [2.24, 2.45) is 5.92 Å². The van der Waals surface area contributed by atoms with Gasteiger partial charge in [-0.1, -0.05) is 20.8 Å². The smallest absolute Gasteiger partial charge is 0.352 e. The first-order valence-electron chi connectivity index (χ1n) is 6.03. The van der Waals surface area contributed by atoms with Crippen LogP contribution in [0, 0.1) is 5.92 Å². The molecular formula is C11H27NO2Si. The van der Waals surface area contributed by atoms with E-state index in [1.165, 1.54) is 0 Å². The second-order valence-electron chi connectivity index (χ2n) is 4.16. The topological polar surface area (TPSA) is 30.5 Å². The van der Waals surface area contributed by atoms with Crippen molar-refractivity contribution in [2.45, 2.75) is 46.8 Å². The zero-order chi connectivity index (χ0) is 11.9. The number of nitrogens with one attached hydrogen (secondary N) is 1. The van der Waals surface area contributed by atoms with E-state index in [0.717, 1.165) is 19.8 Å². The van der Waals surface area contributed by atoms with Gasteiger partial charge in [0.25, 0.3) is 0 Å². The van der Waals surface area contributed by atoms with Gasteiger partial charge in [0.2, 0.25) is 0 Å². The maximum Gasteiger partial charge on any atom is 0.352 e. The molecular weight excluding hydrogens is 206 g/mol. The summed E-state index contributed by atoms with van der Waals surface area (Å²) in [6, 6.07) is 0. The van der Waals surface area contributed by atoms with Gasteiger partial charge >= 0.3 is 8.56 Å². The van der Waals surface area contributed by atoms with E-state index in [4.69, 9.17) is 8.85 Å². The molecule has 0 aliphatic carbocycles. The Labute approximate surface area is 95.8 Å². The SMILES string of the molecule is CCNC(C(C)C)[Si](C)(OCC)OCC. The van der Waals surface area contributed by atoms with Crippen LogP contribution in [0.15, 0.2) is 0 Å². The van der Waals surface area contributed by atoms with Gasteiger partial charge in [0, 0.05) is 13.2 Å². The summed E-state index contributed by atoms with van der Waals surface area (Å²) >= 11 is 0.